The van der Waals surface area contributed by atoms with Gasteiger partial charge in [0, 0.05) is 24.7 Å². The number of carbonyl (C=O) groups excluding carboxylic acids is 1. The zero-order valence-electron chi connectivity index (χ0n) is 14.9. The molecule has 6 nitrogen and oxygen atoms in total. The van der Waals surface area contributed by atoms with Gasteiger partial charge >= 0.3 is 0 Å². The molecule has 1 aliphatic heterocycles. The van der Waals surface area contributed by atoms with E-state index in [1.54, 1.807) is 4.90 Å². The lowest BCUT2D eigenvalue weighted by Crippen LogP contribution is -2.28. The summed E-state index contributed by atoms with van der Waals surface area (Å²) >= 11 is 0. The number of hydrogen-bond donors (Lipinski definition) is 1. The number of amides is 1. The average molecular weight is 365 g/mol. The highest BCUT2D eigenvalue weighted by atomic mass is 16.5. The van der Waals surface area contributed by atoms with Crippen LogP contribution < -0.4 is 10.2 Å². The number of likely N-dealkylation sites (tertiary alicyclic amines) is 1. The van der Waals surface area contributed by atoms with E-state index < -0.39 is 5.43 Å². The summed E-state index contributed by atoms with van der Waals surface area (Å²) in [6, 6.07) is 12.0. The predicted octanol–water partition coefficient (Wildman–Crippen LogP) is 3.41. The van der Waals surface area contributed by atoms with Crippen molar-refractivity contribution in [2.45, 2.75) is 12.8 Å². The molecule has 3 aromatic rings. The molecule has 1 saturated heterocycles. The van der Waals surface area contributed by atoms with Gasteiger partial charge in [0.05, 0.1) is 12.7 Å². The summed E-state index contributed by atoms with van der Waals surface area (Å²) in [7, 11) is 1.36. The standard InChI is InChI=1S/C21H19NO5/c1-26-20-14(21(25)22-9-5-6-10-22)11-17-18(19(20)24)15(23)12-16(27-17)13-7-3-2-4-8-13/h2-4,7-8,11-12,24H,5-6,9-10H2,1H3. The molecule has 2 aromatic carbocycles. The minimum atomic E-state index is -0.397. The smallest absolute Gasteiger partial charge is 0.257 e. The van der Waals surface area contributed by atoms with Crippen molar-refractivity contribution in [3.63, 3.8) is 0 Å². The maximum absolute atomic E-state index is 12.9. The molecule has 0 radical (unpaired) electrons. The van der Waals surface area contributed by atoms with E-state index in [-0.39, 0.29) is 33.9 Å². The third kappa shape index (κ3) is 2.93. The van der Waals surface area contributed by atoms with E-state index in [1.165, 1.54) is 19.2 Å². The van der Waals surface area contributed by atoms with Crippen LogP contribution in [0.4, 0.5) is 0 Å². The van der Waals surface area contributed by atoms with Crippen molar-refractivity contribution in [3.05, 3.63) is 58.3 Å². The third-order valence-electron chi connectivity index (χ3n) is 4.83. The van der Waals surface area contributed by atoms with E-state index in [0.29, 0.717) is 18.8 Å². The molecule has 1 aliphatic rings. The maximum atomic E-state index is 12.9. The van der Waals surface area contributed by atoms with E-state index in [9.17, 15) is 14.7 Å². The van der Waals surface area contributed by atoms with Crippen molar-refractivity contribution in [2.24, 2.45) is 0 Å². The SMILES string of the molecule is COc1c(C(=O)N2CCCC2)cc2oc(-c3ccccc3)cc(=O)c2c1O. The van der Waals surface area contributed by atoms with Crippen LogP contribution in [0.3, 0.4) is 0 Å². The summed E-state index contributed by atoms with van der Waals surface area (Å²) in [6.45, 7) is 1.32. The minimum absolute atomic E-state index is 0.000777. The van der Waals surface area contributed by atoms with Gasteiger partial charge in [-0.3, -0.25) is 9.59 Å². The lowest BCUT2D eigenvalue weighted by Gasteiger charge is -2.18. The van der Waals surface area contributed by atoms with Crippen molar-refractivity contribution < 1.29 is 19.1 Å². The van der Waals surface area contributed by atoms with Gasteiger partial charge in [-0.25, -0.2) is 0 Å². The highest BCUT2D eigenvalue weighted by Crippen LogP contribution is 2.38. The van der Waals surface area contributed by atoms with E-state index in [0.717, 1.165) is 18.4 Å². The van der Waals surface area contributed by atoms with Crippen LogP contribution in [0.1, 0.15) is 23.2 Å². The first kappa shape index (κ1) is 17.1. The monoisotopic (exact) mass is 365 g/mol. The second-order valence-corrected chi connectivity index (χ2v) is 6.52. The topological polar surface area (TPSA) is 80.0 Å². The fourth-order valence-electron chi connectivity index (χ4n) is 3.49. The Morgan fingerprint density at radius 3 is 2.52 bits per heavy atom. The number of ether oxygens (including phenoxy) is 1. The third-order valence-corrected chi connectivity index (χ3v) is 4.83. The summed E-state index contributed by atoms with van der Waals surface area (Å²) in [4.78, 5) is 27.2. The summed E-state index contributed by atoms with van der Waals surface area (Å²) in [5, 5.41) is 10.6. The summed E-state index contributed by atoms with van der Waals surface area (Å²) in [5.74, 6) is -0.239. The number of methoxy groups -OCH3 is 1. The van der Waals surface area contributed by atoms with E-state index >= 15 is 0 Å². The highest BCUT2D eigenvalue weighted by Gasteiger charge is 2.27. The predicted molar refractivity (Wildman–Crippen MR) is 101 cm³/mol. The Bertz CT molecular complexity index is 1070. The molecule has 2 heterocycles. The van der Waals surface area contributed by atoms with Gasteiger partial charge in [-0.15, -0.1) is 0 Å². The van der Waals surface area contributed by atoms with E-state index in [4.69, 9.17) is 9.15 Å². The van der Waals surface area contributed by atoms with Gasteiger partial charge in [0.25, 0.3) is 5.91 Å². The van der Waals surface area contributed by atoms with Gasteiger partial charge in [-0.05, 0) is 18.9 Å². The number of nitrogens with zero attached hydrogens (tertiary/aromatic N) is 1. The summed E-state index contributed by atoms with van der Waals surface area (Å²) < 4.78 is 11.1. The number of phenolic OH excluding ortho intramolecular Hbond substituents is 1. The second kappa shape index (κ2) is 6.79. The number of hydrogen-bond acceptors (Lipinski definition) is 5. The van der Waals surface area contributed by atoms with Gasteiger partial charge in [0.15, 0.2) is 16.9 Å². The van der Waals surface area contributed by atoms with Crippen LogP contribution in [-0.4, -0.2) is 36.1 Å². The van der Waals surface area contributed by atoms with Crippen molar-refractivity contribution >= 4 is 16.9 Å². The number of aromatic hydroxyl groups is 1. The van der Waals surface area contributed by atoms with Gasteiger partial charge in [-0.2, -0.15) is 0 Å². The number of fused-ring (bicyclic) bond motifs is 1. The average Bonchev–Trinajstić information content (AvgIpc) is 3.22. The first-order chi connectivity index (χ1) is 13.1. The minimum Gasteiger partial charge on any atom is -0.504 e. The van der Waals surface area contributed by atoms with Gasteiger partial charge in [0.1, 0.15) is 16.7 Å². The zero-order chi connectivity index (χ0) is 19.0. The maximum Gasteiger partial charge on any atom is 0.257 e. The van der Waals surface area contributed by atoms with Crippen LogP contribution in [0.25, 0.3) is 22.3 Å². The lowest BCUT2D eigenvalue weighted by atomic mass is 10.1. The number of phenols is 1. The largest absolute Gasteiger partial charge is 0.504 e. The zero-order valence-corrected chi connectivity index (χ0v) is 14.9. The lowest BCUT2D eigenvalue weighted by molar-refractivity contribution is 0.0789. The van der Waals surface area contributed by atoms with Gasteiger partial charge in [-0.1, -0.05) is 30.3 Å². The molecule has 0 unspecified atom stereocenters. The number of benzene rings is 2. The Morgan fingerprint density at radius 1 is 1.15 bits per heavy atom. The van der Waals surface area contributed by atoms with Crippen LogP contribution in [0.5, 0.6) is 11.5 Å². The normalized spacial score (nSPS) is 13.9. The second-order valence-electron chi connectivity index (χ2n) is 6.52. The molecule has 6 heteroatoms. The molecule has 0 saturated carbocycles. The molecular formula is C21H19NO5. The molecule has 0 aliphatic carbocycles. The quantitative estimate of drug-likeness (QED) is 0.769. The van der Waals surface area contributed by atoms with Gasteiger partial charge < -0.3 is 19.2 Å². The molecule has 1 N–H and O–H groups in total. The Hall–Kier alpha value is -3.28. The molecule has 1 fully saturated rings. The van der Waals surface area contributed by atoms with Crippen LogP contribution in [-0.2, 0) is 0 Å². The first-order valence-corrected chi connectivity index (χ1v) is 8.82. The van der Waals surface area contributed by atoms with Crippen molar-refractivity contribution in [1.82, 2.24) is 4.90 Å². The van der Waals surface area contributed by atoms with Crippen LogP contribution >= 0.6 is 0 Å². The Labute approximate surface area is 155 Å². The van der Waals surface area contributed by atoms with Crippen molar-refractivity contribution in [1.29, 1.82) is 0 Å². The van der Waals surface area contributed by atoms with Gasteiger partial charge in [0.2, 0.25) is 0 Å². The first-order valence-electron chi connectivity index (χ1n) is 8.82. The summed E-state index contributed by atoms with van der Waals surface area (Å²) in [5.41, 5.74) is 0.685. The molecule has 0 bridgehead atoms. The van der Waals surface area contributed by atoms with Crippen molar-refractivity contribution in [3.8, 4) is 22.8 Å². The molecular weight excluding hydrogens is 346 g/mol. The molecule has 1 amide bonds. The molecule has 4 rings (SSSR count). The van der Waals surface area contributed by atoms with Crippen molar-refractivity contribution in [2.75, 3.05) is 20.2 Å². The van der Waals surface area contributed by atoms with E-state index in [2.05, 4.69) is 0 Å². The van der Waals surface area contributed by atoms with Crippen LogP contribution in [0.2, 0.25) is 0 Å². The number of carbonyl (C=O) groups is 1. The molecule has 27 heavy (non-hydrogen) atoms. The molecule has 138 valence electrons. The Kier molecular flexibility index (Phi) is 4.32. The highest BCUT2D eigenvalue weighted by molar-refractivity contribution is 6.03. The Morgan fingerprint density at radius 2 is 1.85 bits per heavy atom. The molecule has 1 aromatic heterocycles. The molecule has 0 spiro atoms. The van der Waals surface area contributed by atoms with E-state index in [1.807, 2.05) is 30.3 Å². The molecule has 0 atom stereocenters. The fourth-order valence-corrected chi connectivity index (χ4v) is 3.49. The summed E-state index contributed by atoms with van der Waals surface area (Å²) in [6.07, 6.45) is 1.89. The number of rotatable bonds is 3. The fraction of sp³-hybridized carbons (Fsp3) is 0.238. The van der Waals surface area contributed by atoms with Crippen LogP contribution in [0, 0.1) is 0 Å². The Balaban J connectivity index is 1.94. The van der Waals surface area contributed by atoms with Crippen LogP contribution in [0.15, 0.2) is 51.7 Å².